The van der Waals surface area contributed by atoms with Crippen LogP contribution in [0.1, 0.15) is 5.56 Å². The van der Waals surface area contributed by atoms with Gasteiger partial charge in [-0.25, -0.2) is 4.39 Å². The number of hydrogen-bond donors (Lipinski definition) is 2. The van der Waals surface area contributed by atoms with Crippen LogP contribution in [0.25, 0.3) is 5.70 Å². The van der Waals surface area contributed by atoms with E-state index in [0.717, 1.165) is 6.21 Å². The highest BCUT2D eigenvalue weighted by molar-refractivity contribution is 6.41. The molecule has 0 heterocycles. The Balaban J connectivity index is 3.16. The van der Waals surface area contributed by atoms with E-state index in [1.54, 1.807) is 6.07 Å². The second-order valence-corrected chi connectivity index (χ2v) is 2.82. The molecule has 0 radical (unpaired) electrons. The molecule has 1 rings (SSSR count). The van der Waals surface area contributed by atoms with Gasteiger partial charge in [0.15, 0.2) is 0 Å². The van der Waals surface area contributed by atoms with E-state index in [1.807, 2.05) is 0 Å². The van der Waals surface area contributed by atoms with Gasteiger partial charge in [0.2, 0.25) is 0 Å². The topological polar surface area (TPSA) is 49.9 Å². The highest BCUT2D eigenvalue weighted by Gasteiger charge is 2.01. The second-order valence-electron chi connectivity index (χ2n) is 2.42. The lowest BCUT2D eigenvalue weighted by molar-refractivity contribution is 0.627. The van der Waals surface area contributed by atoms with Gasteiger partial charge < -0.3 is 11.1 Å². The first-order valence-electron chi connectivity index (χ1n) is 3.57. The Labute approximate surface area is 80.3 Å². The zero-order valence-corrected chi connectivity index (χ0v) is 7.48. The van der Waals surface area contributed by atoms with Crippen molar-refractivity contribution in [1.29, 1.82) is 5.41 Å². The summed E-state index contributed by atoms with van der Waals surface area (Å²) in [6.45, 7) is 0. The fraction of sp³-hybridized carbons (Fsp3) is 0. The van der Waals surface area contributed by atoms with Gasteiger partial charge in [-0.15, -0.1) is 0 Å². The number of nitrogens with one attached hydrogen (secondary N) is 1. The normalized spacial score (nSPS) is 12.2. The van der Waals surface area contributed by atoms with Crippen LogP contribution in [0.4, 0.5) is 4.39 Å². The predicted molar refractivity (Wildman–Crippen MR) is 52.1 cm³/mol. The van der Waals surface area contributed by atoms with E-state index >= 15 is 0 Å². The van der Waals surface area contributed by atoms with Crippen LogP contribution >= 0.6 is 11.6 Å². The van der Waals surface area contributed by atoms with E-state index in [9.17, 15) is 4.39 Å². The monoisotopic (exact) mass is 198 g/mol. The molecule has 0 aromatic heterocycles. The Hall–Kier alpha value is -1.35. The summed E-state index contributed by atoms with van der Waals surface area (Å²) in [7, 11) is 0. The van der Waals surface area contributed by atoms with Gasteiger partial charge in [-0.05, 0) is 12.1 Å². The summed E-state index contributed by atoms with van der Waals surface area (Å²) >= 11 is 5.59. The number of nitrogens with two attached hydrogens (primary N) is 1. The van der Waals surface area contributed by atoms with Crippen LogP contribution in [-0.2, 0) is 0 Å². The SMILES string of the molecule is N=C/C(Cl)=C(\N)c1cccc(F)c1. The highest BCUT2D eigenvalue weighted by atomic mass is 35.5. The van der Waals surface area contributed by atoms with Crippen molar-refractivity contribution in [3.05, 3.63) is 40.7 Å². The summed E-state index contributed by atoms with van der Waals surface area (Å²) in [5.41, 5.74) is 6.23. The summed E-state index contributed by atoms with van der Waals surface area (Å²) in [5.74, 6) is -0.380. The Morgan fingerprint density at radius 1 is 1.54 bits per heavy atom. The van der Waals surface area contributed by atoms with Crippen LogP contribution in [0, 0.1) is 11.2 Å². The van der Waals surface area contributed by atoms with Gasteiger partial charge in [-0.1, -0.05) is 23.7 Å². The molecule has 1 aromatic rings. The maximum absolute atomic E-state index is 12.7. The van der Waals surface area contributed by atoms with Crippen molar-refractivity contribution in [3.8, 4) is 0 Å². The van der Waals surface area contributed by atoms with Crippen LogP contribution in [0.15, 0.2) is 29.3 Å². The van der Waals surface area contributed by atoms with E-state index in [4.69, 9.17) is 22.7 Å². The van der Waals surface area contributed by atoms with Gasteiger partial charge in [-0.3, -0.25) is 0 Å². The number of allylic oxidation sites excluding steroid dienone is 1. The van der Waals surface area contributed by atoms with Crippen molar-refractivity contribution < 1.29 is 4.39 Å². The summed E-state index contributed by atoms with van der Waals surface area (Å²) in [5, 5.41) is 6.96. The second kappa shape index (κ2) is 4.05. The maximum atomic E-state index is 12.7. The number of benzene rings is 1. The molecule has 3 N–H and O–H groups in total. The maximum Gasteiger partial charge on any atom is 0.123 e. The van der Waals surface area contributed by atoms with Crippen LogP contribution in [0.3, 0.4) is 0 Å². The zero-order chi connectivity index (χ0) is 9.84. The van der Waals surface area contributed by atoms with Gasteiger partial charge in [-0.2, -0.15) is 0 Å². The average Bonchev–Trinajstić information content (AvgIpc) is 2.15. The molecule has 0 bridgehead atoms. The van der Waals surface area contributed by atoms with Crippen LogP contribution in [0.2, 0.25) is 0 Å². The smallest absolute Gasteiger partial charge is 0.123 e. The Morgan fingerprint density at radius 2 is 2.23 bits per heavy atom. The predicted octanol–water partition coefficient (Wildman–Crippen LogP) is 2.34. The minimum Gasteiger partial charge on any atom is -0.397 e. The van der Waals surface area contributed by atoms with Gasteiger partial charge in [0, 0.05) is 11.8 Å². The quantitative estimate of drug-likeness (QED) is 0.705. The molecule has 0 aliphatic rings. The third kappa shape index (κ3) is 2.29. The first kappa shape index (κ1) is 9.74. The number of halogens is 2. The fourth-order valence-electron chi connectivity index (χ4n) is 0.872. The molecule has 0 aliphatic heterocycles. The van der Waals surface area contributed by atoms with Crippen molar-refractivity contribution in [2.24, 2.45) is 5.73 Å². The van der Waals surface area contributed by atoms with Crippen LogP contribution in [-0.4, -0.2) is 6.21 Å². The van der Waals surface area contributed by atoms with Crippen molar-refractivity contribution in [2.45, 2.75) is 0 Å². The van der Waals surface area contributed by atoms with Gasteiger partial charge >= 0.3 is 0 Å². The number of hydrogen-bond acceptors (Lipinski definition) is 2. The largest absolute Gasteiger partial charge is 0.397 e. The lowest BCUT2D eigenvalue weighted by atomic mass is 10.1. The Kier molecular flexibility index (Phi) is 3.03. The number of rotatable bonds is 2. The van der Waals surface area contributed by atoms with Crippen molar-refractivity contribution in [1.82, 2.24) is 0 Å². The molecular formula is C9H8ClFN2. The van der Waals surface area contributed by atoms with Gasteiger partial charge in [0.05, 0.1) is 10.7 Å². The first-order valence-corrected chi connectivity index (χ1v) is 3.94. The van der Waals surface area contributed by atoms with Crippen LogP contribution in [0.5, 0.6) is 0 Å². The molecule has 1 aromatic carbocycles. The van der Waals surface area contributed by atoms with Crippen molar-refractivity contribution in [3.63, 3.8) is 0 Å². The molecule has 4 heteroatoms. The molecule has 2 nitrogen and oxygen atoms in total. The molecule has 0 saturated heterocycles. The highest BCUT2D eigenvalue weighted by Crippen LogP contribution is 2.15. The van der Waals surface area contributed by atoms with E-state index in [2.05, 4.69) is 0 Å². The summed E-state index contributed by atoms with van der Waals surface area (Å²) < 4.78 is 12.7. The summed E-state index contributed by atoms with van der Waals surface area (Å²) in [6, 6.07) is 5.74. The third-order valence-corrected chi connectivity index (χ3v) is 1.83. The Morgan fingerprint density at radius 3 is 2.77 bits per heavy atom. The molecule has 0 atom stereocenters. The molecule has 0 fully saturated rings. The summed E-state index contributed by atoms with van der Waals surface area (Å²) in [4.78, 5) is 0. The molecule has 0 saturated carbocycles. The minimum absolute atomic E-state index is 0.102. The molecular weight excluding hydrogens is 191 g/mol. The molecule has 0 unspecified atom stereocenters. The molecule has 0 amide bonds. The first-order chi connectivity index (χ1) is 6.15. The van der Waals surface area contributed by atoms with E-state index in [0.29, 0.717) is 5.56 Å². The van der Waals surface area contributed by atoms with Crippen LogP contribution < -0.4 is 5.73 Å². The van der Waals surface area contributed by atoms with Crippen molar-refractivity contribution in [2.75, 3.05) is 0 Å². The molecule has 0 aliphatic carbocycles. The Bertz CT molecular complexity index is 360. The van der Waals surface area contributed by atoms with E-state index in [-0.39, 0.29) is 16.5 Å². The van der Waals surface area contributed by atoms with E-state index in [1.165, 1.54) is 18.2 Å². The zero-order valence-electron chi connectivity index (χ0n) is 6.72. The lowest BCUT2D eigenvalue weighted by Gasteiger charge is -2.01. The molecule has 0 spiro atoms. The molecule has 13 heavy (non-hydrogen) atoms. The van der Waals surface area contributed by atoms with Gasteiger partial charge in [0.1, 0.15) is 5.82 Å². The molecule has 68 valence electrons. The summed E-state index contributed by atoms with van der Waals surface area (Å²) in [6.07, 6.45) is 0.918. The minimum atomic E-state index is -0.380. The lowest BCUT2D eigenvalue weighted by Crippen LogP contribution is -1.99. The van der Waals surface area contributed by atoms with Gasteiger partial charge in [0.25, 0.3) is 0 Å². The average molecular weight is 199 g/mol. The third-order valence-electron chi connectivity index (χ3n) is 1.52. The van der Waals surface area contributed by atoms with E-state index < -0.39 is 0 Å². The van der Waals surface area contributed by atoms with Crippen molar-refractivity contribution >= 4 is 23.5 Å². The standard InChI is InChI=1S/C9H8ClFN2/c10-8(5-12)9(13)6-2-1-3-7(11)4-6/h1-5,12H,13H2/b9-8+,12-5?. The fourth-order valence-corrected chi connectivity index (χ4v) is 0.981.